The number of fused-ring (bicyclic) bond motifs is 4. The predicted octanol–water partition coefficient (Wildman–Crippen LogP) is 4.77. The fraction of sp³-hybridized carbons (Fsp3) is 0. The maximum absolute atomic E-state index is 11.3. The van der Waals surface area contributed by atoms with E-state index in [2.05, 4.69) is 15.3 Å². The molecule has 0 aliphatic rings. The van der Waals surface area contributed by atoms with Gasteiger partial charge < -0.3 is 10.4 Å². The Morgan fingerprint density at radius 3 is 2.71 bits per heavy atom. The van der Waals surface area contributed by atoms with E-state index in [9.17, 15) is 9.90 Å². The smallest absolute Gasteiger partial charge is 0.335 e. The number of anilines is 2. The molecule has 0 aliphatic heterocycles. The summed E-state index contributed by atoms with van der Waals surface area (Å²) in [6, 6.07) is 16.7. The Morgan fingerprint density at radius 1 is 0.893 bits per heavy atom. The number of pyridine rings is 3. The van der Waals surface area contributed by atoms with E-state index in [0.29, 0.717) is 11.3 Å². The molecular weight excluding hydrogens is 352 g/mol. The van der Waals surface area contributed by atoms with Crippen molar-refractivity contribution in [3.63, 3.8) is 0 Å². The van der Waals surface area contributed by atoms with Crippen LogP contribution in [0.4, 0.5) is 11.5 Å². The van der Waals surface area contributed by atoms with Crippen molar-refractivity contribution >= 4 is 50.1 Å². The molecule has 0 saturated heterocycles. The van der Waals surface area contributed by atoms with Crippen LogP contribution in [0.2, 0.25) is 0 Å². The zero-order valence-electron chi connectivity index (χ0n) is 14.6. The quantitative estimate of drug-likeness (QED) is 0.447. The third-order valence-corrected chi connectivity index (χ3v) is 4.71. The molecular formula is C22H14N4O2. The van der Waals surface area contributed by atoms with Gasteiger partial charge in [0.15, 0.2) is 0 Å². The molecule has 28 heavy (non-hydrogen) atoms. The molecule has 6 heteroatoms. The minimum Gasteiger partial charge on any atom is -0.478 e. The van der Waals surface area contributed by atoms with Gasteiger partial charge in [-0.2, -0.15) is 0 Å². The molecule has 0 fully saturated rings. The van der Waals surface area contributed by atoms with Crippen molar-refractivity contribution in [1.82, 2.24) is 15.0 Å². The summed E-state index contributed by atoms with van der Waals surface area (Å²) in [5, 5.41) is 16.4. The summed E-state index contributed by atoms with van der Waals surface area (Å²) in [7, 11) is 0. The molecule has 5 rings (SSSR count). The Balaban J connectivity index is 1.70. The molecule has 2 aromatic carbocycles. The lowest BCUT2D eigenvalue weighted by molar-refractivity contribution is 0.0697. The molecule has 0 atom stereocenters. The number of benzene rings is 2. The lowest BCUT2D eigenvalue weighted by Gasteiger charge is -2.12. The zero-order chi connectivity index (χ0) is 19.1. The van der Waals surface area contributed by atoms with E-state index in [0.717, 1.165) is 32.7 Å². The first-order valence-electron chi connectivity index (χ1n) is 8.72. The van der Waals surface area contributed by atoms with Crippen molar-refractivity contribution in [1.29, 1.82) is 0 Å². The van der Waals surface area contributed by atoms with Crippen LogP contribution in [0.3, 0.4) is 0 Å². The van der Waals surface area contributed by atoms with Gasteiger partial charge >= 0.3 is 5.97 Å². The molecule has 2 N–H and O–H groups in total. The van der Waals surface area contributed by atoms with Gasteiger partial charge in [-0.25, -0.2) is 9.78 Å². The van der Waals surface area contributed by atoms with Crippen LogP contribution in [0.5, 0.6) is 0 Å². The Bertz CT molecular complexity index is 1380. The van der Waals surface area contributed by atoms with Crippen LogP contribution in [0.15, 0.2) is 73.2 Å². The number of rotatable bonds is 3. The first kappa shape index (κ1) is 16.1. The van der Waals surface area contributed by atoms with E-state index in [-0.39, 0.29) is 5.56 Å². The maximum Gasteiger partial charge on any atom is 0.335 e. The van der Waals surface area contributed by atoms with Crippen molar-refractivity contribution < 1.29 is 9.90 Å². The number of carboxylic acid groups (broad SMARTS) is 1. The number of aromatic carboxylic acids is 1. The van der Waals surface area contributed by atoms with Gasteiger partial charge in [-0.1, -0.05) is 12.1 Å². The average molecular weight is 366 g/mol. The van der Waals surface area contributed by atoms with Gasteiger partial charge in [0.25, 0.3) is 0 Å². The van der Waals surface area contributed by atoms with Gasteiger partial charge in [0, 0.05) is 45.8 Å². The topological polar surface area (TPSA) is 88.0 Å². The Morgan fingerprint density at radius 2 is 1.82 bits per heavy atom. The highest BCUT2D eigenvalue weighted by Crippen LogP contribution is 2.31. The minimum absolute atomic E-state index is 0.200. The van der Waals surface area contributed by atoms with Gasteiger partial charge in [0.1, 0.15) is 5.82 Å². The first-order valence-corrected chi connectivity index (χ1v) is 8.72. The van der Waals surface area contributed by atoms with Crippen LogP contribution in [-0.4, -0.2) is 26.0 Å². The molecule has 134 valence electrons. The van der Waals surface area contributed by atoms with Crippen LogP contribution >= 0.6 is 0 Å². The number of hydrogen-bond donors (Lipinski definition) is 2. The summed E-state index contributed by atoms with van der Waals surface area (Å²) >= 11 is 0. The summed E-state index contributed by atoms with van der Waals surface area (Å²) in [5.74, 6) is -0.331. The van der Waals surface area contributed by atoms with Crippen molar-refractivity contribution in [2.24, 2.45) is 0 Å². The van der Waals surface area contributed by atoms with Crippen LogP contribution in [-0.2, 0) is 0 Å². The molecule has 0 spiro atoms. The van der Waals surface area contributed by atoms with Gasteiger partial charge in [-0.3, -0.25) is 9.97 Å². The summed E-state index contributed by atoms with van der Waals surface area (Å²) in [4.78, 5) is 24.6. The minimum atomic E-state index is -0.980. The zero-order valence-corrected chi connectivity index (χ0v) is 14.6. The Kier molecular flexibility index (Phi) is 3.62. The van der Waals surface area contributed by atoms with E-state index < -0.39 is 5.97 Å². The van der Waals surface area contributed by atoms with Gasteiger partial charge in [0.05, 0.1) is 16.6 Å². The van der Waals surface area contributed by atoms with Crippen molar-refractivity contribution in [3.8, 4) is 0 Å². The van der Waals surface area contributed by atoms with Crippen LogP contribution < -0.4 is 5.32 Å². The average Bonchev–Trinajstić information content (AvgIpc) is 2.73. The summed E-state index contributed by atoms with van der Waals surface area (Å²) in [6.07, 6.45) is 5.26. The fourth-order valence-corrected chi connectivity index (χ4v) is 3.37. The van der Waals surface area contributed by atoms with E-state index >= 15 is 0 Å². The summed E-state index contributed by atoms with van der Waals surface area (Å²) < 4.78 is 0. The van der Waals surface area contributed by atoms with Gasteiger partial charge in [-0.05, 0) is 42.5 Å². The Labute approximate surface area is 159 Å². The molecule has 3 aromatic heterocycles. The van der Waals surface area contributed by atoms with E-state index in [1.165, 1.54) is 0 Å². The summed E-state index contributed by atoms with van der Waals surface area (Å²) in [6.45, 7) is 0. The standard InChI is InChI=1S/C22H14N4O2/c27-22(28)14-3-5-16-18-12-23-9-7-17(18)21(26-20(16)11-14)25-15-4-6-19-13(10-15)2-1-8-24-19/h1-12H,(H,25,26)(H,27,28). The summed E-state index contributed by atoms with van der Waals surface area (Å²) in [5.41, 5.74) is 2.59. The molecule has 5 aromatic rings. The Hall–Kier alpha value is -4.06. The van der Waals surface area contributed by atoms with Crippen molar-refractivity contribution in [3.05, 3.63) is 78.8 Å². The molecule has 0 unspecified atom stereocenters. The largest absolute Gasteiger partial charge is 0.478 e. The molecule has 6 nitrogen and oxygen atoms in total. The molecule has 0 radical (unpaired) electrons. The predicted molar refractivity (Wildman–Crippen MR) is 109 cm³/mol. The van der Waals surface area contributed by atoms with E-state index in [1.54, 1.807) is 36.8 Å². The lowest BCUT2D eigenvalue weighted by atomic mass is 10.1. The number of nitrogens with one attached hydrogen (secondary N) is 1. The van der Waals surface area contributed by atoms with Crippen molar-refractivity contribution in [2.75, 3.05) is 5.32 Å². The highest BCUT2D eigenvalue weighted by Gasteiger charge is 2.12. The number of carboxylic acids is 1. The second kappa shape index (κ2) is 6.28. The highest BCUT2D eigenvalue weighted by atomic mass is 16.4. The first-order chi connectivity index (χ1) is 13.7. The molecule has 3 heterocycles. The highest BCUT2D eigenvalue weighted by molar-refractivity contribution is 6.11. The number of nitrogens with zero attached hydrogens (tertiary/aromatic N) is 3. The number of hydrogen-bond acceptors (Lipinski definition) is 5. The van der Waals surface area contributed by atoms with Crippen LogP contribution in [0.25, 0.3) is 32.6 Å². The molecule has 0 aliphatic carbocycles. The SMILES string of the molecule is O=C(O)c1ccc2c(c1)nc(Nc1ccc3ncccc3c1)c1ccncc12. The number of carbonyl (C=O) groups is 1. The molecule has 0 saturated carbocycles. The normalized spacial score (nSPS) is 11.1. The van der Waals surface area contributed by atoms with E-state index in [1.807, 2.05) is 36.4 Å². The monoisotopic (exact) mass is 366 g/mol. The van der Waals surface area contributed by atoms with Crippen LogP contribution in [0.1, 0.15) is 10.4 Å². The van der Waals surface area contributed by atoms with Gasteiger partial charge in [-0.15, -0.1) is 0 Å². The number of aromatic nitrogens is 3. The third-order valence-electron chi connectivity index (χ3n) is 4.71. The maximum atomic E-state index is 11.3. The molecule has 0 bridgehead atoms. The fourth-order valence-electron chi connectivity index (χ4n) is 3.37. The molecule has 0 amide bonds. The third kappa shape index (κ3) is 2.68. The van der Waals surface area contributed by atoms with E-state index in [4.69, 9.17) is 4.98 Å². The van der Waals surface area contributed by atoms with Gasteiger partial charge in [0.2, 0.25) is 0 Å². The van der Waals surface area contributed by atoms with Crippen LogP contribution in [0, 0.1) is 0 Å². The second-order valence-electron chi connectivity index (χ2n) is 6.45. The second-order valence-corrected chi connectivity index (χ2v) is 6.45. The van der Waals surface area contributed by atoms with Crippen molar-refractivity contribution in [2.45, 2.75) is 0 Å². The lowest BCUT2D eigenvalue weighted by Crippen LogP contribution is -1.99.